The Labute approximate surface area is 149 Å². The normalized spacial score (nSPS) is 16.6. The van der Waals surface area contributed by atoms with Crippen molar-refractivity contribution in [1.82, 2.24) is 20.1 Å². The second kappa shape index (κ2) is 7.25. The summed E-state index contributed by atoms with van der Waals surface area (Å²) in [5, 5.41) is 15.0. The van der Waals surface area contributed by atoms with E-state index in [4.69, 9.17) is 0 Å². The van der Waals surface area contributed by atoms with E-state index in [2.05, 4.69) is 65.2 Å². The Bertz CT molecular complexity index is 745. The molecule has 6 nitrogen and oxygen atoms in total. The fourth-order valence-electron chi connectivity index (χ4n) is 3.43. The van der Waals surface area contributed by atoms with Crippen LogP contribution in [0.2, 0.25) is 0 Å². The molecule has 0 saturated carbocycles. The molecule has 1 atom stereocenters. The molecule has 2 heterocycles. The summed E-state index contributed by atoms with van der Waals surface area (Å²) >= 11 is 0. The summed E-state index contributed by atoms with van der Waals surface area (Å²) in [6, 6.07) is 6.26. The van der Waals surface area contributed by atoms with Crippen molar-refractivity contribution >= 4 is 11.6 Å². The SMILES string of the molecule is Cc1cccc(C)c1NCC(=O)N[C@@H]1CCc2nnc(C(C)C)n2C1. The molecule has 3 rings (SSSR count). The Morgan fingerprint density at radius 3 is 2.68 bits per heavy atom. The van der Waals surface area contributed by atoms with Gasteiger partial charge in [-0.1, -0.05) is 32.0 Å². The first-order valence-electron chi connectivity index (χ1n) is 8.97. The number of carbonyl (C=O) groups excluding carboxylic acids is 1. The molecule has 6 heteroatoms. The van der Waals surface area contributed by atoms with Gasteiger partial charge in [-0.15, -0.1) is 10.2 Å². The third-order valence-electron chi connectivity index (χ3n) is 4.76. The van der Waals surface area contributed by atoms with Gasteiger partial charge in [0.25, 0.3) is 0 Å². The van der Waals surface area contributed by atoms with Crippen molar-refractivity contribution in [1.29, 1.82) is 0 Å². The first kappa shape index (κ1) is 17.5. The minimum absolute atomic E-state index is 0.0234. The molecule has 0 spiro atoms. The highest BCUT2D eigenvalue weighted by Crippen LogP contribution is 2.21. The van der Waals surface area contributed by atoms with Crippen molar-refractivity contribution in [2.24, 2.45) is 0 Å². The van der Waals surface area contributed by atoms with Crippen LogP contribution in [0.3, 0.4) is 0 Å². The highest BCUT2D eigenvalue weighted by Gasteiger charge is 2.24. The predicted molar refractivity (Wildman–Crippen MR) is 98.8 cm³/mol. The molecule has 1 amide bonds. The van der Waals surface area contributed by atoms with Crippen molar-refractivity contribution in [2.75, 3.05) is 11.9 Å². The number of aromatic nitrogens is 3. The van der Waals surface area contributed by atoms with Crippen LogP contribution in [0, 0.1) is 13.8 Å². The van der Waals surface area contributed by atoms with Gasteiger partial charge in [0.15, 0.2) is 0 Å². The minimum Gasteiger partial charge on any atom is -0.376 e. The smallest absolute Gasteiger partial charge is 0.239 e. The van der Waals surface area contributed by atoms with Crippen LogP contribution in [-0.4, -0.2) is 33.3 Å². The number of aryl methyl sites for hydroxylation is 3. The quantitative estimate of drug-likeness (QED) is 0.877. The number of nitrogens with one attached hydrogen (secondary N) is 2. The van der Waals surface area contributed by atoms with E-state index in [1.165, 1.54) is 0 Å². The van der Waals surface area contributed by atoms with Gasteiger partial charge in [-0.2, -0.15) is 0 Å². The molecule has 134 valence electrons. The average Bonchev–Trinajstić information content (AvgIpc) is 2.97. The topological polar surface area (TPSA) is 71.8 Å². The van der Waals surface area contributed by atoms with Crippen molar-refractivity contribution in [2.45, 2.75) is 59.0 Å². The Kier molecular flexibility index (Phi) is 5.06. The van der Waals surface area contributed by atoms with E-state index in [0.29, 0.717) is 5.92 Å². The highest BCUT2D eigenvalue weighted by atomic mass is 16.2. The Balaban J connectivity index is 1.58. The number of para-hydroxylation sites is 1. The van der Waals surface area contributed by atoms with E-state index in [-0.39, 0.29) is 18.5 Å². The Morgan fingerprint density at radius 2 is 2.00 bits per heavy atom. The molecule has 0 saturated heterocycles. The molecule has 1 aromatic heterocycles. The zero-order chi connectivity index (χ0) is 18.0. The van der Waals surface area contributed by atoms with Crippen molar-refractivity contribution in [3.8, 4) is 0 Å². The van der Waals surface area contributed by atoms with E-state index < -0.39 is 0 Å². The van der Waals surface area contributed by atoms with E-state index in [1.54, 1.807) is 0 Å². The molecule has 1 aliphatic heterocycles. The zero-order valence-electron chi connectivity index (χ0n) is 15.5. The number of nitrogens with zero attached hydrogens (tertiary/aromatic N) is 3. The summed E-state index contributed by atoms with van der Waals surface area (Å²) in [5.41, 5.74) is 3.35. The number of anilines is 1. The minimum atomic E-state index is 0.0234. The van der Waals surface area contributed by atoms with Crippen LogP contribution in [0.15, 0.2) is 18.2 Å². The maximum Gasteiger partial charge on any atom is 0.239 e. The maximum atomic E-state index is 12.4. The molecular formula is C19H27N5O. The standard InChI is InChI=1S/C19H27N5O/c1-12(2)19-23-22-16-9-8-15(11-24(16)19)21-17(25)10-20-18-13(3)6-5-7-14(18)4/h5-7,12,15,20H,8-11H2,1-4H3,(H,21,25)/t15-/m1/s1. The first-order valence-corrected chi connectivity index (χ1v) is 8.97. The highest BCUT2D eigenvalue weighted by molar-refractivity contribution is 5.81. The van der Waals surface area contributed by atoms with Gasteiger partial charge in [0.1, 0.15) is 11.6 Å². The van der Waals surface area contributed by atoms with Crippen molar-refractivity contribution < 1.29 is 4.79 Å². The lowest BCUT2D eigenvalue weighted by Gasteiger charge is -2.26. The van der Waals surface area contributed by atoms with Crippen LogP contribution in [-0.2, 0) is 17.8 Å². The van der Waals surface area contributed by atoms with E-state index in [1.807, 2.05) is 6.07 Å². The number of fused-ring (bicyclic) bond motifs is 1. The second-order valence-electron chi connectivity index (χ2n) is 7.16. The van der Waals surface area contributed by atoms with Gasteiger partial charge >= 0.3 is 0 Å². The van der Waals surface area contributed by atoms with Crippen LogP contribution in [0.4, 0.5) is 5.69 Å². The molecule has 0 aliphatic carbocycles. The molecule has 1 aromatic carbocycles. The molecular weight excluding hydrogens is 314 g/mol. The predicted octanol–water partition coefficient (Wildman–Crippen LogP) is 2.56. The van der Waals surface area contributed by atoms with Crippen LogP contribution in [0.5, 0.6) is 0 Å². The molecule has 0 bridgehead atoms. The fraction of sp³-hybridized carbons (Fsp3) is 0.526. The largest absolute Gasteiger partial charge is 0.376 e. The number of rotatable bonds is 5. The third-order valence-corrected chi connectivity index (χ3v) is 4.76. The summed E-state index contributed by atoms with van der Waals surface area (Å²) < 4.78 is 2.16. The number of carbonyl (C=O) groups is 1. The summed E-state index contributed by atoms with van der Waals surface area (Å²) in [5.74, 6) is 2.39. The van der Waals surface area contributed by atoms with Crippen molar-refractivity contribution in [3.05, 3.63) is 41.0 Å². The summed E-state index contributed by atoms with van der Waals surface area (Å²) in [6.07, 6.45) is 1.76. The van der Waals surface area contributed by atoms with Gasteiger partial charge in [0, 0.05) is 30.6 Å². The number of benzene rings is 1. The maximum absolute atomic E-state index is 12.4. The zero-order valence-corrected chi connectivity index (χ0v) is 15.5. The molecule has 0 radical (unpaired) electrons. The van der Waals surface area contributed by atoms with E-state index in [0.717, 1.165) is 47.8 Å². The fourth-order valence-corrected chi connectivity index (χ4v) is 3.43. The lowest BCUT2D eigenvalue weighted by Crippen LogP contribution is -2.43. The lowest BCUT2D eigenvalue weighted by molar-refractivity contribution is -0.120. The van der Waals surface area contributed by atoms with Crippen LogP contribution in [0.25, 0.3) is 0 Å². The van der Waals surface area contributed by atoms with Gasteiger partial charge < -0.3 is 15.2 Å². The van der Waals surface area contributed by atoms with Crippen LogP contribution in [0.1, 0.15) is 49.0 Å². The van der Waals surface area contributed by atoms with Gasteiger partial charge in [-0.05, 0) is 31.4 Å². The number of hydrogen-bond acceptors (Lipinski definition) is 4. The molecule has 0 unspecified atom stereocenters. The average molecular weight is 341 g/mol. The summed E-state index contributed by atoms with van der Waals surface area (Å²) in [4.78, 5) is 12.4. The van der Waals surface area contributed by atoms with Crippen molar-refractivity contribution in [3.63, 3.8) is 0 Å². The molecule has 2 N–H and O–H groups in total. The van der Waals surface area contributed by atoms with Gasteiger partial charge in [-0.25, -0.2) is 0 Å². The summed E-state index contributed by atoms with van der Waals surface area (Å²) in [7, 11) is 0. The van der Waals surface area contributed by atoms with E-state index >= 15 is 0 Å². The molecule has 25 heavy (non-hydrogen) atoms. The van der Waals surface area contributed by atoms with Gasteiger partial charge in [-0.3, -0.25) is 4.79 Å². The van der Waals surface area contributed by atoms with Crippen LogP contribution < -0.4 is 10.6 Å². The number of amides is 1. The molecule has 0 fully saturated rings. The van der Waals surface area contributed by atoms with Gasteiger partial charge in [0.2, 0.25) is 5.91 Å². The first-order chi connectivity index (χ1) is 12.0. The Morgan fingerprint density at radius 1 is 1.28 bits per heavy atom. The molecule has 2 aromatic rings. The van der Waals surface area contributed by atoms with Gasteiger partial charge in [0.05, 0.1) is 6.54 Å². The van der Waals surface area contributed by atoms with E-state index in [9.17, 15) is 4.79 Å². The second-order valence-corrected chi connectivity index (χ2v) is 7.16. The summed E-state index contributed by atoms with van der Waals surface area (Å²) in [6.45, 7) is 9.38. The number of hydrogen-bond donors (Lipinski definition) is 2. The molecule has 1 aliphatic rings. The Hall–Kier alpha value is -2.37. The van der Waals surface area contributed by atoms with Crippen LogP contribution >= 0.6 is 0 Å². The lowest BCUT2D eigenvalue weighted by atomic mass is 10.1. The third kappa shape index (κ3) is 3.83. The monoisotopic (exact) mass is 341 g/mol.